The molecule has 0 spiro atoms. The zero-order chi connectivity index (χ0) is 6.41. The van der Waals surface area contributed by atoms with E-state index in [-0.39, 0.29) is 0 Å². The van der Waals surface area contributed by atoms with Crippen molar-refractivity contribution in [3.63, 3.8) is 0 Å². The number of rotatable bonds is 4. The Morgan fingerprint density at radius 3 is 2.12 bits per heavy atom. The monoisotopic (exact) mass is 113 g/mol. The fourth-order valence-corrected chi connectivity index (χ4v) is 0.695. The maximum Gasteiger partial charge on any atom is 0.00160 e. The van der Waals surface area contributed by atoms with Crippen LogP contribution in [0.3, 0.4) is 0 Å². The lowest BCUT2D eigenvalue weighted by molar-refractivity contribution is 0.318. The van der Waals surface area contributed by atoms with Gasteiger partial charge in [-0.1, -0.05) is 13.8 Å². The van der Waals surface area contributed by atoms with E-state index >= 15 is 0 Å². The maximum absolute atomic E-state index is 5.40. The van der Waals surface area contributed by atoms with Crippen molar-refractivity contribution in [2.75, 3.05) is 19.6 Å². The minimum atomic E-state index is 0.699. The molecule has 0 aromatic rings. The van der Waals surface area contributed by atoms with Crippen LogP contribution in [0, 0.1) is 6.92 Å². The Morgan fingerprint density at radius 2 is 2.00 bits per heavy atom. The van der Waals surface area contributed by atoms with Gasteiger partial charge >= 0.3 is 0 Å². The van der Waals surface area contributed by atoms with Crippen LogP contribution in [-0.2, 0) is 0 Å². The average Bonchev–Trinajstić information content (AvgIpc) is 1.83. The molecule has 0 amide bonds. The summed E-state index contributed by atoms with van der Waals surface area (Å²) in [6, 6.07) is 0. The molecule has 0 aromatic carbocycles. The van der Waals surface area contributed by atoms with E-state index in [0.29, 0.717) is 6.54 Å². The summed E-state index contributed by atoms with van der Waals surface area (Å²) in [7, 11) is 0. The quantitative estimate of drug-likeness (QED) is 0.533. The van der Waals surface area contributed by atoms with Gasteiger partial charge in [0.2, 0.25) is 0 Å². The molecule has 0 fully saturated rings. The topological polar surface area (TPSA) is 3.24 Å². The van der Waals surface area contributed by atoms with E-state index in [9.17, 15) is 0 Å². The van der Waals surface area contributed by atoms with Crippen LogP contribution in [-0.4, -0.2) is 24.5 Å². The molecule has 0 rings (SSSR count). The molecule has 0 aromatic heterocycles. The highest BCUT2D eigenvalue weighted by Gasteiger charge is 1.92. The first-order valence-corrected chi connectivity index (χ1v) is 3.27. The van der Waals surface area contributed by atoms with Crippen molar-refractivity contribution in [1.82, 2.24) is 4.90 Å². The Kier molecular flexibility index (Phi) is 5.08. The van der Waals surface area contributed by atoms with E-state index in [1.165, 1.54) is 6.42 Å². The Labute approximate surface area is 52.7 Å². The van der Waals surface area contributed by atoms with Crippen LogP contribution in [0.5, 0.6) is 0 Å². The summed E-state index contributed by atoms with van der Waals surface area (Å²) in [5.41, 5.74) is 0. The van der Waals surface area contributed by atoms with Gasteiger partial charge in [0.25, 0.3) is 0 Å². The van der Waals surface area contributed by atoms with Crippen molar-refractivity contribution in [3.8, 4) is 0 Å². The molecule has 2 radical (unpaired) electrons. The zero-order valence-electron chi connectivity index (χ0n) is 5.85. The molecule has 0 bridgehead atoms. The minimum Gasteiger partial charge on any atom is -0.303 e. The zero-order valence-corrected chi connectivity index (χ0v) is 5.85. The summed E-state index contributed by atoms with van der Waals surface area (Å²) in [5.74, 6) is 0. The van der Waals surface area contributed by atoms with Gasteiger partial charge in [0.15, 0.2) is 0 Å². The first-order chi connectivity index (χ1) is 3.85. The molecule has 0 heterocycles. The van der Waals surface area contributed by atoms with Crippen molar-refractivity contribution >= 4 is 0 Å². The second-order valence-corrected chi connectivity index (χ2v) is 1.89. The van der Waals surface area contributed by atoms with E-state index in [0.717, 1.165) is 13.1 Å². The molecule has 1 heteroatoms. The molecule has 0 aliphatic rings. The van der Waals surface area contributed by atoms with Gasteiger partial charge in [-0.05, 0) is 26.4 Å². The molecule has 1 nitrogen and oxygen atoms in total. The van der Waals surface area contributed by atoms with Crippen molar-refractivity contribution in [2.45, 2.75) is 20.3 Å². The Morgan fingerprint density at radius 1 is 1.38 bits per heavy atom. The Hall–Kier alpha value is -0.0400. The molecule has 48 valence electrons. The third kappa shape index (κ3) is 3.03. The summed E-state index contributed by atoms with van der Waals surface area (Å²) in [5, 5.41) is 0. The second kappa shape index (κ2) is 5.10. The summed E-state index contributed by atoms with van der Waals surface area (Å²) in [6.07, 6.45) is 1.20. The number of hydrogen-bond donors (Lipinski definition) is 0. The van der Waals surface area contributed by atoms with Crippen LogP contribution in [0.15, 0.2) is 0 Å². The van der Waals surface area contributed by atoms with E-state index in [4.69, 9.17) is 6.92 Å². The van der Waals surface area contributed by atoms with Crippen molar-refractivity contribution in [2.24, 2.45) is 0 Å². The maximum atomic E-state index is 5.40. The summed E-state index contributed by atoms with van der Waals surface area (Å²) in [6.45, 7) is 12.6. The van der Waals surface area contributed by atoms with Crippen LogP contribution in [0.1, 0.15) is 20.3 Å². The first kappa shape index (κ1) is 7.96. The molecule has 0 unspecified atom stereocenters. The SMILES string of the molecule is [CH]CN(CC)CCC. The summed E-state index contributed by atoms with van der Waals surface area (Å²) >= 11 is 0. The Balaban J connectivity index is 3.07. The molecule has 0 atom stereocenters. The lowest BCUT2D eigenvalue weighted by Gasteiger charge is -2.15. The van der Waals surface area contributed by atoms with Crippen molar-refractivity contribution in [1.29, 1.82) is 0 Å². The average molecular weight is 113 g/mol. The van der Waals surface area contributed by atoms with Gasteiger partial charge in [-0.25, -0.2) is 0 Å². The van der Waals surface area contributed by atoms with Gasteiger partial charge in [0.1, 0.15) is 0 Å². The van der Waals surface area contributed by atoms with Gasteiger partial charge in [-0.3, -0.25) is 0 Å². The van der Waals surface area contributed by atoms with Gasteiger partial charge in [0.05, 0.1) is 0 Å². The third-order valence-electron chi connectivity index (χ3n) is 1.25. The molecular weight excluding hydrogens is 98.1 g/mol. The van der Waals surface area contributed by atoms with E-state index in [2.05, 4.69) is 18.7 Å². The molecular formula is C7H15N. The van der Waals surface area contributed by atoms with Gasteiger partial charge in [0, 0.05) is 6.54 Å². The van der Waals surface area contributed by atoms with Gasteiger partial charge in [-0.15, -0.1) is 0 Å². The van der Waals surface area contributed by atoms with Crippen LogP contribution in [0.25, 0.3) is 0 Å². The van der Waals surface area contributed by atoms with Crippen molar-refractivity contribution < 1.29 is 0 Å². The molecule has 8 heavy (non-hydrogen) atoms. The predicted molar refractivity (Wildman–Crippen MR) is 36.7 cm³/mol. The van der Waals surface area contributed by atoms with E-state index < -0.39 is 0 Å². The number of hydrogen-bond acceptors (Lipinski definition) is 1. The highest BCUT2D eigenvalue weighted by molar-refractivity contribution is 4.53. The molecule has 0 aliphatic heterocycles. The third-order valence-corrected chi connectivity index (χ3v) is 1.25. The standard InChI is InChI=1S/C7H15N/c1-4-7-8(5-2)6-3/h2H,4-7H2,1,3H3. The summed E-state index contributed by atoms with van der Waals surface area (Å²) < 4.78 is 0. The number of nitrogens with zero attached hydrogens (tertiary/aromatic N) is 1. The largest absolute Gasteiger partial charge is 0.303 e. The molecule has 0 N–H and O–H groups in total. The van der Waals surface area contributed by atoms with Gasteiger partial charge in [-0.2, -0.15) is 0 Å². The highest BCUT2D eigenvalue weighted by atomic mass is 15.1. The first-order valence-electron chi connectivity index (χ1n) is 3.27. The van der Waals surface area contributed by atoms with E-state index in [1.54, 1.807) is 0 Å². The van der Waals surface area contributed by atoms with Crippen LogP contribution in [0.2, 0.25) is 0 Å². The smallest absolute Gasteiger partial charge is 0.00160 e. The molecule has 0 saturated carbocycles. The van der Waals surface area contributed by atoms with Crippen LogP contribution >= 0.6 is 0 Å². The van der Waals surface area contributed by atoms with E-state index in [1.807, 2.05) is 0 Å². The normalized spacial score (nSPS) is 10.5. The fraction of sp³-hybridized carbons (Fsp3) is 0.857. The summed E-state index contributed by atoms with van der Waals surface area (Å²) in [4.78, 5) is 2.21. The molecule has 0 saturated heterocycles. The van der Waals surface area contributed by atoms with Crippen LogP contribution in [0.4, 0.5) is 0 Å². The van der Waals surface area contributed by atoms with Crippen LogP contribution < -0.4 is 0 Å². The second-order valence-electron chi connectivity index (χ2n) is 1.89. The van der Waals surface area contributed by atoms with Crippen molar-refractivity contribution in [3.05, 3.63) is 6.92 Å². The lowest BCUT2D eigenvalue weighted by Crippen LogP contribution is -2.23. The molecule has 0 aliphatic carbocycles. The fourth-order valence-electron chi connectivity index (χ4n) is 0.695. The highest BCUT2D eigenvalue weighted by Crippen LogP contribution is 1.87. The van der Waals surface area contributed by atoms with Gasteiger partial charge < -0.3 is 4.90 Å². The minimum absolute atomic E-state index is 0.699. The predicted octanol–water partition coefficient (Wildman–Crippen LogP) is 1.43. The Bertz CT molecular complexity index is 39.7. The lowest BCUT2D eigenvalue weighted by atomic mass is 10.4.